The highest BCUT2D eigenvalue weighted by Crippen LogP contribution is 2.31. The average molecular weight is 705 g/mol. The number of carbonyl (C=O) groups excluding carboxylic acids is 2. The molecule has 6 rings (SSSR count). The minimum Gasteiger partial charge on any atom is -0.506 e. The molecule has 2 heterocycles. The van der Waals surface area contributed by atoms with Crippen LogP contribution in [0.15, 0.2) is 95.9 Å². The number of ether oxygens (including phenoxy) is 1. The SMILES string of the molecule is NC1CCC(OC(=O)Nc2cc(CCCC(=O)Nc3ccc(CNC[C@H](O)c4ccc(O)c5[nH]c(=O)ccc45)nc3)ccc2-c2ccccc2)CC1. The number of aryl methyl sites for hydroxylation is 1. The summed E-state index contributed by atoms with van der Waals surface area (Å²) >= 11 is 0. The number of benzene rings is 3. The third-order valence-electron chi connectivity index (χ3n) is 9.29. The van der Waals surface area contributed by atoms with Gasteiger partial charge in [-0.2, -0.15) is 0 Å². The van der Waals surface area contributed by atoms with E-state index in [9.17, 15) is 24.6 Å². The number of hydrogen-bond donors (Lipinski definition) is 7. The second-order valence-electron chi connectivity index (χ2n) is 13.2. The monoisotopic (exact) mass is 704 g/mol. The van der Waals surface area contributed by atoms with Gasteiger partial charge in [0.25, 0.3) is 0 Å². The molecule has 3 aromatic carbocycles. The van der Waals surface area contributed by atoms with Crippen molar-refractivity contribution in [2.45, 2.75) is 69.7 Å². The summed E-state index contributed by atoms with van der Waals surface area (Å²) < 4.78 is 5.72. The molecule has 8 N–H and O–H groups in total. The molecule has 12 heteroatoms. The predicted octanol–water partition coefficient (Wildman–Crippen LogP) is 5.90. The van der Waals surface area contributed by atoms with E-state index in [-0.39, 0.29) is 41.4 Å². The molecule has 12 nitrogen and oxygen atoms in total. The van der Waals surface area contributed by atoms with E-state index in [4.69, 9.17) is 10.5 Å². The highest BCUT2D eigenvalue weighted by Gasteiger charge is 2.22. The molecule has 0 saturated heterocycles. The fourth-order valence-electron chi connectivity index (χ4n) is 6.49. The zero-order valence-electron chi connectivity index (χ0n) is 28.8. The Bertz CT molecular complexity index is 2040. The third kappa shape index (κ3) is 9.60. The second kappa shape index (κ2) is 17.1. The maximum Gasteiger partial charge on any atom is 0.411 e. The van der Waals surface area contributed by atoms with Gasteiger partial charge in [0, 0.05) is 42.6 Å². The van der Waals surface area contributed by atoms with Crippen LogP contribution in [0.25, 0.3) is 22.0 Å². The van der Waals surface area contributed by atoms with Crippen LogP contribution in [0.1, 0.15) is 61.4 Å². The molecule has 0 unspecified atom stereocenters. The number of rotatable bonds is 13. The van der Waals surface area contributed by atoms with Crippen LogP contribution < -0.4 is 27.2 Å². The number of fused-ring (bicyclic) bond motifs is 1. The van der Waals surface area contributed by atoms with Crippen LogP contribution in [-0.4, -0.2) is 50.9 Å². The molecule has 0 aliphatic heterocycles. The maximum atomic E-state index is 12.9. The first-order valence-corrected chi connectivity index (χ1v) is 17.6. The Morgan fingerprint density at radius 3 is 2.54 bits per heavy atom. The number of amides is 2. The van der Waals surface area contributed by atoms with Gasteiger partial charge >= 0.3 is 6.09 Å². The summed E-state index contributed by atoms with van der Waals surface area (Å²) in [6.07, 6.45) is 4.84. The lowest BCUT2D eigenvalue weighted by molar-refractivity contribution is -0.116. The molecule has 0 bridgehead atoms. The summed E-state index contributed by atoms with van der Waals surface area (Å²) in [7, 11) is 0. The number of hydrogen-bond acceptors (Lipinski definition) is 9. The first-order valence-electron chi connectivity index (χ1n) is 17.6. The molecule has 0 radical (unpaired) electrons. The van der Waals surface area contributed by atoms with Gasteiger partial charge < -0.3 is 36.3 Å². The van der Waals surface area contributed by atoms with Crippen LogP contribution in [-0.2, 0) is 22.5 Å². The van der Waals surface area contributed by atoms with Gasteiger partial charge in [-0.1, -0.05) is 48.5 Å². The number of aromatic amines is 1. The Morgan fingerprint density at radius 1 is 0.962 bits per heavy atom. The Hall–Kier alpha value is -5.56. The third-order valence-corrected chi connectivity index (χ3v) is 9.29. The Balaban J connectivity index is 0.975. The second-order valence-corrected chi connectivity index (χ2v) is 13.2. The quantitative estimate of drug-likeness (QED) is 0.0782. The molecular weight excluding hydrogens is 660 g/mol. The van der Waals surface area contributed by atoms with Gasteiger partial charge in [0.15, 0.2) is 0 Å². The number of nitrogens with zero attached hydrogens (tertiary/aromatic N) is 1. The van der Waals surface area contributed by atoms with E-state index in [1.54, 1.807) is 30.5 Å². The van der Waals surface area contributed by atoms with Crippen LogP contribution in [0.2, 0.25) is 0 Å². The number of phenolic OH excluding ortho intramolecular Hbond substituents is 1. The van der Waals surface area contributed by atoms with E-state index in [1.807, 2.05) is 48.5 Å². The van der Waals surface area contributed by atoms with E-state index in [2.05, 4.69) is 25.9 Å². The Labute approximate surface area is 301 Å². The van der Waals surface area contributed by atoms with Crippen LogP contribution in [0, 0.1) is 0 Å². The molecule has 270 valence electrons. The fraction of sp³-hybridized carbons (Fsp3) is 0.300. The molecule has 1 atom stereocenters. The van der Waals surface area contributed by atoms with Gasteiger partial charge in [-0.05, 0) is 85.5 Å². The van der Waals surface area contributed by atoms with Crippen LogP contribution in [0.5, 0.6) is 5.75 Å². The van der Waals surface area contributed by atoms with Crippen molar-refractivity contribution < 1.29 is 24.5 Å². The van der Waals surface area contributed by atoms with Gasteiger partial charge in [-0.3, -0.25) is 19.9 Å². The van der Waals surface area contributed by atoms with Gasteiger partial charge in [0.1, 0.15) is 11.9 Å². The number of H-pyrrole nitrogens is 1. The summed E-state index contributed by atoms with van der Waals surface area (Å²) in [5.74, 6) is -0.196. The number of nitrogens with one attached hydrogen (secondary N) is 4. The molecular formula is C40H44N6O6. The largest absolute Gasteiger partial charge is 0.506 e. The number of aliphatic hydroxyl groups excluding tert-OH is 1. The van der Waals surface area contributed by atoms with Crippen molar-refractivity contribution in [3.8, 4) is 16.9 Å². The van der Waals surface area contributed by atoms with Crippen LogP contribution in [0.4, 0.5) is 16.2 Å². The van der Waals surface area contributed by atoms with Crippen LogP contribution >= 0.6 is 0 Å². The minimum atomic E-state index is -0.889. The van der Waals surface area contributed by atoms with Crippen molar-refractivity contribution in [3.63, 3.8) is 0 Å². The predicted molar refractivity (Wildman–Crippen MR) is 201 cm³/mol. The summed E-state index contributed by atoms with van der Waals surface area (Å²) in [4.78, 5) is 44.4. The molecule has 1 saturated carbocycles. The van der Waals surface area contributed by atoms with E-state index in [1.165, 1.54) is 12.1 Å². The zero-order chi connectivity index (χ0) is 36.5. The van der Waals surface area contributed by atoms with Gasteiger partial charge in [0.2, 0.25) is 11.5 Å². The highest BCUT2D eigenvalue weighted by atomic mass is 16.6. The Morgan fingerprint density at radius 2 is 1.77 bits per heavy atom. The van der Waals surface area contributed by atoms with Crippen molar-refractivity contribution in [3.05, 3.63) is 118 Å². The van der Waals surface area contributed by atoms with Crippen molar-refractivity contribution in [1.82, 2.24) is 15.3 Å². The Kier molecular flexibility index (Phi) is 11.9. The number of aromatic hydroxyl groups is 1. The number of nitrogens with two attached hydrogens (primary N) is 1. The number of aromatic nitrogens is 2. The van der Waals surface area contributed by atoms with Crippen molar-refractivity contribution in [2.75, 3.05) is 17.2 Å². The first kappa shape index (κ1) is 36.2. The molecule has 0 spiro atoms. The molecule has 1 fully saturated rings. The smallest absolute Gasteiger partial charge is 0.411 e. The fourth-order valence-corrected chi connectivity index (χ4v) is 6.49. The van der Waals surface area contributed by atoms with E-state index >= 15 is 0 Å². The standard InChI is InChI=1S/C40H44N6O6/c41-27-10-14-30(15-11-27)52-40(51)45-34-21-25(9-16-31(34)26-6-2-1-3-7-26)5-4-8-37(49)44-29-13-12-28(43-23-29)22-42-24-36(48)32-17-19-35(47)39-33(32)18-20-38(50)46-39/h1-3,6-7,9,12-13,16-21,23,27,30,36,42,47-48H,4-5,8,10-11,14-15,22,24,41H2,(H,44,49)(H,45,51)(H,46,50)/t27?,30?,36-/m0/s1. The van der Waals surface area contributed by atoms with Gasteiger partial charge in [-0.15, -0.1) is 0 Å². The molecule has 2 amide bonds. The summed E-state index contributed by atoms with van der Waals surface area (Å²) in [6, 6.07) is 25.5. The minimum absolute atomic E-state index is 0.0648. The lowest BCUT2D eigenvalue weighted by Gasteiger charge is -2.26. The van der Waals surface area contributed by atoms with E-state index in [0.717, 1.165) is 48.1 Å². The normalized spacial score (nSPS) is 16.3. The molecule has 1 aliphatic carbocycles. The summed E-state index contributed by atoms with van der Waals surface area (Å²) in [6.45, 7) is 0.594. The number of aliphatic hydroxyl groups is 1. The van der Waals surface area contributed by atoms with E-state index in [0.29, 0.717) is 48.1 Å². The lowest BCUT2D eigenvalue weighted by Crippen LogP contribution is -2.32. The zero-order valence-corrected chi connectivity index (χ0v) is 28.8. The van der Waals surface area contributed by atoms with Crippen molar-refractivity contribution in [2.24, 2.45) is 5.73 Å². The first-order chi connectivity index (χ1) is 25.2. The summed E-state index contributed by atoms with van der Waals surface area (Å²) in [5.41, 5.74) is 11.3. The number of pyridine rings is 2. The molecule has 52 heavy (non-hydrogen) atoms. The van der Waals surface area contributed by atoms with Crippen LogP contribution in [0.3, 0.4) is 0 Å². The molecule has 1 aliphatic rings. The van der Waals surface area contributed by atoms with Crippen molar-refractivity contribution >= 4 is 34.3 Å². The maximum absolute atomic E-state index is 12.9. The number of anilines is 2. The van der Waals surface area contributed by atoms with Gasteiger partial charge in [0.05, 0.1) is 34.9 Å². The topological polar surface area (TPSA) is 192 Å². The lowest BCUT2D eigenvalue weighted by atomic mass is 9.94. The van der Waals surface area contributed by atoms with Crippen molar-refractivity contribution in [1.29, 1.82) is 0 Å². The number of phenols is 1. The molecule has 2 aromatic heterocycles. The van der Waals surface area contributed by atoms with Gasteiger partial charge in [-0.25, -0.2) is 4.79 Å². The average Bonchev–Trinajstić information content (AvgIpc) is 3.14. The number of carbonyl (C=O) groups is 2. The molecule has 5 aromatic rings. The van der Waals surface area contributed by atoms with E-state index < -0.39 is 12.2 Å². The summed E-state index contributed by atoms with van der Waals surface area (Å²) in [5, 5.41) is 30.5. The highest BCUT2D eigenvalue weighted by molar-refractivity contribution is 5.92.